The lowest BCUT2D eigenvalue weighted by atomic mass is 10.1. The average Bonchev–Trinajstić information content (AvgIpc) is 3.17. The van der Waals surface area contributed by atoms with Gasteiger partial charge < -0.3 is 19.1 Å². The first-order valence-electron chi connectivity index (χ1n) is 9.36. The highest BCUT2D eigenvalue weighted by molar-refractivity contribution is 5.95. The molecule has 0 N–H and O–H groups in total. The van der Waals surface area contributed by atoms with Crippen molar-refractivity contribution in [1.82, 2.24) is 9.80 Å². The summed E-state index contributed by atoms with van der Waals surface area (Å²) >= 11 is 0. The van der Waals surface area contributed by atoms with Crippen molar-refractivity contribution in [1.29, 1.82) is 0 Å². The van der Waals surface area contributed by atoms with Crippen LogP contribution in [0.15, 0.2) is 42.5 Å². The second kappa shape index (κ2) is 7.88. The second-order valence-corrected chi connectivity index (χ2v) is 6.68. The van der Waals surface area contributed by atoms with Gasteiger partial charge in [0.25, 0.3) is 5.91 Å². The highest BCUT2D eigenvalue weighted by Crippen LogP contribution is 2.33. The number of rotatable bonds is 5. The highest BCUT2D eigenvalue weighted by atomic mass is 16.7. The number of hydrogen-bond acceptors (Lipinski definition) is 5. The quantitative estimate of drug-likeness (QED) is 0.812. The number of fused-ring (bicyclic) bond motifs is 1. The van der Waals surface area contributed by atoms with Crippen LogP contribution >= 0.6 is 0 Å². The number of piperazine rings is 1. The molecule has 2 aliphatic rings. The molecular weight excluding hydrogens is 344 g/mol. The van der Waals surface area contributed by atoms with Crippen LogP contribution in [0.25, 0.3) is 0 Å². The van der Waals surface area contributed by atoms with E-state index in [0.717, 1.165) is 25.4 Å². The predicted octanol–water partition coefficient (Wildman–Crippen LogP) is 2.77. The predicted molar refractivity (Wildman–Crippen MR) is 101 cm³/mol. The van der Waals surface area contributed by atoms with Crippen molar-refractivity contribution >= 4 is 5.91 Å². The minimum Gasteiger partial charge on any atom is -0.494 e. The van der Waals surface area contributed by atoms with E-state index in [0.29, 0.717) is 36.8 Å². The minimum absolute atomic E-state index is 0.0441. The fourth-order valence-corrected chi connectivity index (χ4v) is 3.49. The van der Waals surface area contributed by atoms with Gasteiger partial charge in [0.1, 0.15) is 5.75 Å². The van der Waals surface area contributed by atoms with Crippen LogP contribution in [0.1, 0.15) is 22.8 Å². The maximum absolute atomic E-state index is 12.8. The number of hydrogen-bond donors (Lipinski definition) is 0. The summed E-state index contributed by atoms with van der Waals surface area (Å²) in [6.45, 7) is 6.82. The van der Waals surface area contributed by atoms with Gasteiger partial charge in [-0.3, -0.25) is 9.69 Å². The molecule has 0 radical (unpaired) electrons. The van der Waals surface area contributed by atoms with Gasteiger partial charge in [-0.2, -0.15) is 0 Å². The summed E-state index contributed by atoms with van der Waals surface area (Å²) in [5, 5.41) is 0. The summed E-state index contributed by atoms with van der Waals surface area (Å²) in [4.78, 5) is 17.1. The van der Waals surface area contributed by atoms with Crippen LogP contribution in [0.4, 0.5) is 0 Å². The third-order valence-electron chi connectivity index (χ3n) is 4.95. The van der Waals surface area contributed by atoms with Crippen molar-refractivity contribution in [2.75, 3.05) is 39.6 Å². The van der Waals surface area contributed by atoms with Crippen molar-refractivity contribution in [2.45, 2.75) is 13.5 Å². The topological polar surface area (TPSA) is 51.2 Å². The lowest BCUT2D eigenvalue weighted by Gasteiger charge is -2.35. The first-order chi connectivity index (χ1) is 13.2. The first kappa shape index (κ1) is 17.7. The molecule has 0 bridgehead atoms. The number of carbonyl (C=O) groups is 1. The Morgan fingerprint density at radius 3 is 2.63 bits per heavy atom. The molecule has 6 heteroatoms. The third kappa shape index (κ3) is 3.85. The Hall–Kier alpha value is -2.73. The fraction of sp³-hybridized carbons (Fsp3) is 0.381. The Balaban J connectivity index is 1.36. The van der Waals surface area contributed by atoms with Gasteiger partial charge >= 0.3 is 0 Å². The Morgan fingerprint density at radius 2 is 1.81 bits per heavy atom. The van der Waals surface area contributed by atoms with Gasteiger partial charge in [-0.05, 0) is 31.2 Å². The zero-order valence-electron chi connectivity index (χ0n) is 15.5. The maximum atomic E-state index is 12.8. The van der Waals surface area contributed by atoms with E-state index in [9.17, 15) is 4.79 Å². The standard InChI is InChI=1S/C21H24N2O4/c1-2-25-18-6-4-3-5-17(18)14-22-9-11-23(12-10-22)21(24)16-7-8-19-20(13-16)27-15-26-19/h3-8,13H,2,9-12,14-15H2,1H3. The van der Waals surface area contributed by atoms with Crippen molar-refractivity contribution in [3.05, 3.63) is 53.6 Å². The number of amides is 1. The molecule has 2 aromatic rings. The SMILES string of the molecule is CCOc1ccccc1CN1CCN(C(=O)c2ccc3c(c2)OCO3)CC1. The summed E-state index contributed by atoms with van der Waals surface area (Å²) in [6, 6.07) is 13.5. The van der Waals surface area contributed by atoms with Crippen LogP contribution in [-0.4, -0.2) is 55.3 Å². The van der Waals surface area contributed by atoms with Gasteiger partial charge in [0.05, 0.1) is 6.61 Å². The summed E-state index contributed by atoms with van der Waals surface area (Å²) in [5.74, 6) is 2.33. The number of benzene rings is 2. The van der Waals surface area contributed by atoms with Crippen LogP contribution < -0.4 is 14.2 Å². The van der Waals surface area contributed by atoms with Crippen LogP contribution in [-0.2, 0) is 6.54 Å². The molecular formula is C21H24N2O4. The van der Waals surface area contributed by atoms with Crippen molar-refractivity contribution in [3.8, 4) is 17.2 Å². The lowest BCUT2D eigenvalue weighted by molar-refractivity contribution is 0.0627. The molecule has 0 spiro atoms. The van der Waals surface area contributed by atoms with Crippen LogP contribution in [0, 0.1) is 0 Å². The normalized spacial score (nSPS) is 16.4. The van der Waals surface area contributed by atoms with Gasteiger partial charge in [-0.25, -0.2) is 0 Å². The maximum Gasteiger partial charge on any atom is 0.254 e. The van der Waals surface area contributed by atoms with E-state index in [-0.39, 0.29) is 12.7 Å². The smallest absolute Gasteiger partial charge is 0.254 e. The highest BCUT2D eigenvalue weighted by Gasteiger charge is 2.24. The molecule has 27 heavy (non-hydrogen) atoms. The molecule has 0 saturated carbocycles. The Morgan fingerprint density at radius 1 is 1.04 bits per heavy atom. The third-order valence-corrected chi connectivity index (χ3v) is 4.95. The molecule has 4 rings (SSSR count). The first-order valence-corrected chi connectivity index (χ1v) is 9.36. The molecule has 1 amide bonds. The molecule has 0 unspecified atom stereocenters. The number of carbonyl (C=O) groups excluding carboxylic acids is 1. The molecule has 2 heterocycles. The molecule has 0 atom stereocenters. The summed E-state index contributed by atoms with van der Waals surface area (Å²) < 4.78 is 16.4. The largest absolute Gasteiger partial charge is 0.494 e. The van der Waals surface area contributed by atoms with E-state index in [1.54, 1.807) is 18.2 Å². The van der Waals surface area contributed by atoms with E-state index >= 15 is 0 Å². The minimum atomic E-state index is 0.0441. The molecule has 142 valence electrons. The van der Waals surface area contributed by atoms with Crippen molar-refractivity contribution in [3.63, 3.8) is 0 Å². The van der Waals surface area contributed by atoms with Gasteiger partial charge in [0.15, 0.2) is 11.5 Å². The summed E-state index contributed by atoms with van der Waals surface area (Å²) in [7, 11) is 0. The van der Waals surface area contributed by atoms with Gasteiger partial charge in [0, 0.05) is 43.9 Å². The molecule has 2 aliphatic heterocycles. The van der Waals surface area contributed by atoms with Crippen LogP contribution in [0.3, 0.4) is 0 Å². The number of ether oxygens (including phenoxy) is 3. The monoisotopic (exact) mass is 368 g/mol. The van der Waals surface area contributed by atoms with Crippen molar-refractivity contribution in [2.24, 2.45) is 0 Å². The van der Waals surface area contributed by atoms with E-state index in [2.05, 4.69) is 11.0 Å². The molecule has 0 aromatic heterocycles. The lowest BCUT2D eigenvalue weighted by Crippen LogP contribution is -2.48. The summed E-state index contributed by atoms with van der Waals surface area (Å²) in [6.07, 6.45) is 0. The molecule has 6 nitrogen and oxygen atoms in total. The molecule has 1 fully saturated rings. The van der Waals surface area contributed by atoms with Crippen LogP contribution in [0.2, 0.25) is 0 Å². The zero-order chi connectivity index (χ0) is 18.6. The summed E-state index contributed by atoms with van der Waals surface area (Å²) in [5.41, 5.74) is 1.84. The Kier molecular flexibility index (Phi) is 5.16. The second-order valence-electron chi connectivity index (χ2n) is 6.68. The average molecular weight is 368 g/mol. The molecule has 0 aliphatic carbocycles. The van der Waals surface area contributed by atoms with E-state index in [1.165, 1.54) is 5.56 Å². The van der Waals surface area contributed by atoms with Gasteiger partial charge in [-0.15, -0.1) is 0 Å². The van der Waals surface area contributed by atoms with E-state index < -0.39 is 0 Å². The molecule has 1 saturated heterocycles. The van der Waals surface area contributed by atoms with Gasteiger partial charge in [-0.1, -0.05) is 18.2 Å². The van der Waals surface area contributed by atoms with E-state index in [1.807, 2.05) is 30.0 Å². The zero-order valence-corrected chi connectivity index (χ0v) is 15.5. The number of nitrogens with zero attached hydrogens (tertiary/aromatic N) is 2. The Labute approximate surface area is 159 Å². The van der Waals surface area contributed by atoms with Crippen LogP contribution in [0.5, 0.6) is 17.2 Å². The van der Waals surface area contributed by atoms with Crippen molar-refractivity contribution < 1.29 is 19.0 Å². The number of para-hydroxylation sites is 1. The molecule has 2 aromatic carbocycles. The Bertz CT molecular complexity index is 816. The van der Waals surface area contributed by atoms with E-state index in [4.69, 9.17) is 14.2 Å². The van der Waals surface area contributed by atoms with Gasteiger partial charge in [0.2, 0.25) is 6.79 Å². The fourth-order valence-electron chi connectivity index (χ4n) is 3.49.